The van der Waals surface area contributed by atoms with Crippen LogP contribution in [0.1, 0.15) is 41.5 Å². The third kappa shape index (κ3) is 5.30. The smallest absolute Gasteiger partial charge is 0.248 e. The Hall–Kier alpha value is -2.39. The maximum Gasteiger partial charge on any atom is 0.248 e. The first-order valence-corrected chi connectivity index (χ1v) is 9.59. The highest BCUT2D eigenvalue weighted by molar-refractivity contribution is 6.02. The lowest BCUT2D eigenvalue weighted by molar-refractivity contribution is -0.918. The summed E-state index contributed by atoms with van der Waals surface area (Å²) in [4.78, 5) is 13.9. The number of benzene rings is 2. The average molecular weight is 349 g/mol. The van der Waals surface area contributed by atoms with Crippen molar-refractivity contribution in [2.24, 2.45) is 0 Å². The Bertz CT molecular complexity index is 789. The SMILES string of the molecule is Cc1cccc(/C=C/C(=O)Nc2ccc(C)c(C[NH+]3CCCCC3)c2)c1. The zero-order valence-corrected chi connectivity index (χ0v) is 15.8. The predicted molar refractivity (Wildman–Crippen MR) is 108 cm³/mol. The normalized spacial score (nSPS) is 15.3. The highest BCUT2D eigenvalue weighted by Gasteiger charge is 2.15. The molecule has 0 aliphatic carbocycles. The van der Waals surface area contributed by atoms with Crippen LogP contribution in [0.15, 0.2) is 48.5 Å². The van der Waals surface area contributed by atoms with Gasteiger partial charge in [0.15, 0.2) is 0 Å². The molecule has 0 saturated carbocycles. The van der Waals surface area contributed by atoms with Gasteiger partial charge in [-0.3, -0.25) is 4.79 Å². The van der Waals surface area contributed by atoms with Gasteiger partial charge < -0.3 is 10.2 Å². The molecule has 1 amide bonds. The molecule has 0 atom stereocenters. The summed E-state index contributed by atoms with van der Waals surface area (Å²) in [6.45, 7) is 7.77. The monoisotopic (exact) mass is 349 g/mol. The molecular formula is C23H29N2O+. The van der Waals surface area contributed by atoms with E-state index in [0.29, 0.717) is 0 Å². The van der Waals surface area contributed by atoms with Gasteiger partial charge in [-0.2, -0.15) is 0 Å². The second-order valence-corrected chi connectivity index (χ2v) is 7.37. The van der Waals surface area contributed by atoms with Gasteiger partial charge in [-0.25, -0.2) is 0 Å². The molecule has 0 aromatic heterocycles. The van der Waals surface area contributed by atoms with Crippen molar-refractivity contribution in [3.63, 3.8) is 0 Å². The van der Waals surface area contributed by atoms with Gasteiger partial charge in [-0.1, -0.05) is 35.9 Å². The minimum Gasteiger partial charge on any atom is -0.331 e. The summed E-state index contributed by atoms with van der Waals surface area (Å²) in [6.07, 6.45) is 7.48. The fourth-order valence-corrected chi connectivity index (χ4v) is 3.57. The van der Waals surface area contributed by atoms with Crippen LogP contribution in [0.25, 0.3) is 6.08 Å². The summed E-state index contributed by atoms with van der Waals surface area (Å²) in [5.41, 5.74) is 5.74. The number of piperidine rings is 1. The molecule has 1 fully saturated rings. The van der Waals surface area contributed by atoms with Crippen LogP contribution >= 0.6 is 0 Å². The number of hydrogen-bond donors (Lipinski definition) is 2. The first-order chi connectivity index (χ1) is 12.6. The summed E-state index contributed by atoms with van der Waals surface area (Å²) < 4.78 is 0. The van der Waals surface area contributed by atoms with Crippen molar-refractivity contribution >= 4 is 17.7 Å². The summed E-state index contributed by atoms with van der Waals surface area (Å²) in [5, 5.41) is 3.00. The fourth-order valence-electron chi connectivity index (χ4n) is 3.57. The van der Waals surface area contributed by atoms with Crippen molar-refractivity contribution < 1.29 is 9.69 Å². The zero-order valence-electron chi connectivity index (χ0n) is 15.8. The van der Waals surface area contributed by atoms with E-state index in [1.807, 2.05) is 24.3 Å². The van der Waals surface area contributed by atoms with E-state index < -0.39 is 0 Å². The molecule has 1 saturated heterocycles. The molecule has 3 heteroatoms. The molecule has 1 aliphatic heterocycles. The van der Waals surface area contributed by atoms with E-state index in [0.717, 1.165) is 17.8 Å². The largest absolute Gasteiger partial charge is 0.331 e. The van der Waals surface area contributed by atoms with Crippen LogP contribution in [0, 0.1) is 13.8 Å². The Balaban J connectivity index is 1.63. The van der Waals surface area contributed by atoms with Crippen molar-refractivity contribution in [3.05, 3.63) is 70.8 Å². The molecule has 0 radical (unpaired) electrons. The van der Waals surface area contributed by atoms with E-state index in [9.17, 15) is 4.79 Å². The van der Waals surface area contributed by atoms with E-state index in [4.69, 9.17) is 0 Å². The molecule has 3 rings (SSSR count). The van der Waals surface area contributed by atoms with Crippen LogP contribution in [0.2, 0.25) is 0 Å². The minimum absolute atomic E-state index is 0.0911. The van der Waals surface area contributed by atoms with Crippen LogP contribution < -0.4 is 10.2 Å². The van der Waals surface area contributed by atoms with Gasteiger partial charge in [0.1, 0.15) is 6.54 Å². The Morgan fingerprint density at radius 2 is 1.88 bits per heavy atom. The van der Waals surface area contributed by atoms with E-state index >= 15 is 0 Å². The molecule has 2 aromatic carbocycles. The number of carbonyl (C=O) groups is 1. The first-order valence-electron chi connectivity index (χ1n) is 9.59. The molecule has 0 unspecified atom stereocenters. The number of quaternary nitrogens is 1. The second-order valence-electron chi connectivity index (χ2n) is 7.37. The summed E-state index contributed by atoms with van der Waals surface area (Å²) in [7, 11) is 0. The first kappa shape index (κ1) is 18.4. The molecule has 2 N–H and O–H groups in total. The van der Waals surface area contributed by atoms with Crippen LogP contribution in [-0.4, -0.2) is 19.0 Å². The molecule has 0 bridgehead atoms. The van der Waals surface area contributed by atoms with Crippen molar-refractivity contribution in [2.75, 3.05) is 18.4 Å². The lowest BCUT2D eigenvalue weighted by Crippen LogP contribution is -3.11. The highest BCUT2D eigenvalue weighted by atomic mass is 16.1. The standard InChI is InChI=1S/C23H28N2O/c1-18-7-6-8-20(15-18)10-12-23(26)24-22-11-9-19(2)21(16-22)17-25-13-4-3-5-14-25/h6-12,15-16H,3-5,13-14,17H2,1-2H3,(H,24,26)/p+1/b12-10+. The van der Waals surface area contributed by atoms with Gasteiger partial charge >= 0.3 is 0 Å². The lowest BCUT2D eigenvalue weighted by atomic mass is 10.1. The lowest BCUT2D eigenvalue weighted by Gasteiger charge is -2.24. The zero-order chi connectivity index (χ0) is 18.4. The number of hydrogen-bond acceptors (Lipinski definition) is 1. The third-order valence-corrected chi connectivity index (χ3v) is 5.09. The molecule has 136 valence electrons. The highest BCUT2D eigenvalue weighted by Crippen LogP contribution is 2.15. The number of carbonyl (C=O) groups excluding carboxylic acids is 1. The predicted octanol–water partition coefficient (Wildman–Crippen LogP) is 3.52. The second kappa shape index (κ2) is 8.81. The number of anilines is 1. The van der Waals surface area contributed by atoms with Crippen molar-refractivity contribution in [2.45, 2.75) is 39.7 Å². The quantitative estimate of drug-likeness (QED) is 0.796. The molecule has 0 spiro atoms. The Morgan fingerprint density at radius 3 is 2.65 bits per heavy atom. The maximum absolute atomic E-state index is 12.3. The molecule has 1 heterocycles. The Labute approximate surface area is 156 Å². The number of rotatable bonds is 5. The number of likely N-dealkylation sites (tertiary alicyclic amines) is 1. The van der Waals surface area contributed by atoms with Crippen LogP contribution in [0.5, 0.6) is 0 Å². The minimum atomic E-state index is -0.0911. The molecule has 3 nitrogen and oxygen atoms in total. The molecule has 2 aromatic rings. The van der Waals surface area contributed by atoms with E-state index in [1.165, 1.54) is 49.0 Å². The summed E-state index contributed by atoms with van der Waals surface area (Å²) in [6, 6.07) is 14.4. The summed E-state index contributed by atoms with van der Waals surface area (Å²) in [5.74, 6) is -0.0911. The average Bonchev–Trinajstić information content (AvgIpc) is 2.64. The molecular weight excluding hydrogens is 320 g/mol. The third-order valence-electron chi connectivity index (χ3n) is 5.09. The van der Waals surface area contributed by atoms with Crippen molar-refractivity contribution in [3.8, 4) is 0 Å². The Kier molecular flexibility index (Phi) is 6.24. The van der Waals surface area contributed by atoms with Crippen LogP contribution in [0.4, 0.5) is 5.69 Å². The fraction of sp³-hybridized carbons (Fsp3) is 0.348. The molecule has 26 heavy (non-hydrogen) atoms. The number of amides is 1. The Morgan fingerprint density at radius 1 is 1.08 bits per heavy atom. The van der Waals surface area contributed by atoms with E-state index in [2.05, 4.69) is 43.4 Å². The van der Waals surface area contributed by atoms with Crippen molar-refractivity contribution in [1.29, 1.82) is 0 Å². The van der Waals surface area contributed by atoms with Gasteiger partial charge in [-0.05, 0) is 62.4 Å². The maximum atomic E-state index is 12.3. The van der Waals surface area contributed by atoms with Crippen LogP contribution in [0.3, 0.4) is 0 Å². The van der Waals surface area contributed by atoms with E-state index in [-0.39, 0.29) is 5.91 Å². The topological polar surface area (TPSA) is 33.5 Å². The van der Waals surface area contributed by atoms with Gasteiger partial charge in [0.05, 0.1) is 13.1 Å². The van der Waals surface area contributed by atoms with E-state index in [1.54, 1.807) is 11.0 Å². The van der Waals surface area contributed by atoms with Gasteiger partial charge in [0.25, 0.3) is 0 Å². The summed E-state index contributed by atoms with van der Waals surface area (Å²) >= 11 is 0. The van der Waals surface area contributed by atoms with Gasteiger partial charge in [0, 0.05) is 17.3 Å². The van der Waals surface area contributed by atoms with Gasteiger partial charge in [0.2, 0.25) is 5.91 Å². The molecule has 1 aliphatic rings. The van der Waals surface area contributed by atoms with Crippen molar-refractivity contribution in [1.82, 2.24) is 0 Å². The van der Waals surface area contributed by atoms with Gasteiger partial charge in [-0.15, -0.1) is 0 Å². The number of aryl methyl sites for hydroxylation is 2. The van der Waals surface area contributed by atoms with Crippen LogP contribution in [-0.2, 0) is 11.3 Å². The number of nitrogens with one attached hydrogen (secondary N) is 2.